The predicted molar refractivity (Wildman–Crippen MR) is 62.1 cm³/mol. The van der Waals surface area contributed by atoms with Crippen LogP contribution in [0.3, 0.4) is 0 Å². The molecule has 86 valence electrons. The van der Waals surface area contributed by atoms with Crippen LogP contribution in [0.15, 0.2) is 0 Å². The Bertz CT molecular complexity index is 305. The van der Waals surface area contributed by atoms with Gasteiger partial charge in [-0.15, -0.1) is 0 Å². The zero-order valence-electron chi connectivity index (χ0n) is 10.1. The lowest BCUT2D eigenvalue weighted by Gasteiger charge is -2.00. The van der Waals surface area contributed by atoms with E-state index in [1.807, 2.05) is 11.7 Å². The minimum atomic E-state index is 0.430. The van der Waals surface area contributed by atoms with E-state index in [1.165, 1.54) is 0 Å². The Morgan fingerprint density at radius 2 is 1.73 bits per heavy atom. The van der Waals surface area contributed by atoms with Crippen LogP contribution in [0, 0.1) is 0 Å². The highest BCUT2D eigenvalue weighted by atomic mass is 16.3. The second kappa shape index (κ2) is 5.79. The first kappa shape index (κ1) is 12.1. The van der Waals surface area contributed by atoms with Crippen LogP contribution in [-0.2, 0) is 19.9 Å². The van der Waals surface area contributed by atoms with Gasteiger partial charge in [0.15, 0.2) is 5.75 Å². The highest BCUT2D eigenvalue weighted by Gasteiger charge is 2.13. The van der Waals surface area contributed by atoms with Gasteiger partial charge in [-0.1, -0.05) is 26.7 Å². The summed E-state index contributed by atoms with van der Waals surface area (Å²) in [7, 11) is 1.92. The molecule has 0 saturated carbocycles. The molecule has 1 rings (SSSR count). The topological polar surface area (TPSA) is 38.0 Å². The smallest absolute Gasteiger partial charge is 0.160 e. The van der Waals surface area contributed by atoms with Gasteiger partial charge < -0.3 is 5.11 Å². The van der Waals surface area contributed by atoms with E-state index in [9.17, 15) is 5.11 Å². The lowest BCUT2D eigenvalue weighted by Crippen LogP contribution is -1.98. The summed E-state index contributed by atoms with van der Waals surface area (Å²) in [6.45, 7) is 4.31. The number of aryl methyl sites for hydroxylation is 2. The molecule has 3 heteroatoms. The van der Waals surface area contributed by atoms with Crippen molar-refractivity contribution in [2.24, 2.45) is 7.05 Å². The minimum absolute atomic E-state index is 0.430. The number of aromatic nitrogens is 2. The molecule has 0 aliphatic carbocycles. The van der Waals surface area contributed by atoms with E-state index in [4.69, 9.17) is 0 Å². The maximum Gasteiger partial charge on any atom is 0.160 e. The van der Waals surface area contributed by atoms with Crippen molar-refractivity contribution in [1.82, 2.24) is 9.78 Å². The molecule has 0 radical (unpaired) electrons. The lowest BCUT2D eigenvalue weighted by atomic mass is 10.1. The van der Waals surface area contributed by atoms with Crippen molar-refractivity contribution >= 4 is 0 Å². The molecule has 0 saturated heterocycles. The van der Waals surface area contributed by atoms with Gasteiger partial charge >= 0.3 is 0 Å². The molecule has 0 spiro atoms. The van der Waals surface area contributed by atoms with Crippen LogP contribution in [0.4, 0.5) is 0 Å². The average Bonchev–Trinajstić information content (AvgIpc) is 2.49. The third kappa shape index (κ3) is 2.98. The molecular formula is C12H22N2O. The van der Waals surface area contributed by atoms with Crippen LogP contribution in [0.2, 0.25) is 0 Å². The predicted octanol–water partition coefficient (Wildman–Crippen LogP) is 2.81. The van der Waals surface area contributed by atoms with E-state index >= 15 is 0 Å². The van der Waals surface area contributed by atoms with Crippen molar-refractivity contribution in [3.05, 3.63) is 11.4 Å². The maximum atomic E-state index is 9.98. The Kier molecular flexibility index (Phi) is 4.66. The first-order chi connectivity index (χ1) is 7.20. The van der Waals surface area contributed by atoms with E-state index in [0.29, 0.717) is 5.75 Å². The first-order valence-electron chi connectivity index (χ1n) is 5.94. The number of nitrogens with zero attached hydrogens (tertiary/aromatic N) is 2. The second-order valence-electron chi connectivity index (χ2n) is 4.07. The normalized spacial score (nSPS) is 10.9. The van der Waals surface area contributed by atoms with E-state index in [-0.39, 0.29) is 0 Å². The van der Waals surface area contributed by atoms with Crippen molar-refractivity contribution in [3.8, 4) is 5.75 Å². The molecule has 0 aromatic carbocycles. The van der Waals surface area contributed by atoms with Gasteiger partial charge in [-0.2, -0.15) is 5.10 Å². The highest BCUT2D eigenvalue weighted by Crippen LogP contribution is 2.24. The summed E-state index contributed by atoms with van der Waals surface area (Å²) >= 11 is 0. The van der Waals surface area contributed by atoms with Gasteiger partial charge in [0.25, 0.3) is 0 Å². The summed E-state index contributed by atoms with van der Waals surface area (Å²) in [5.41, 5.74) is 1.86. The van der Waals surface area contributed by atoms with Crippen molar-refractivity contribution in [2.75, 3.05) is 0 Å². The number of unbranched alkanes of at least 4 members (excludes halogenated alkanes) is 2. The molecular weight excluding hydrogens is 188 g/mol. The number of hydrogen-bond acceptors (Lipinski definition) is 2. The fourth-order valence-electron chi connectivity index (χ4n) is 1.75. The summed E-state index contributed by atoms with van der Waals surface area (Å²) in [5, 5.41) is 14.3. The molecule has 1 N–H and O–H groups in total. The molecule has 0 amide bonds. The lowest BCUT2D eigenvalue weighted by molar-refractivity contribution is 0.457. The molecule has 0 unspecified atom stereocenters. The third-order valence-electron chi connectivity index (χ3n) is 2.74. The maximum absolute atomic E-state index is 9.98. The summed E-state index contributed by atoms with van der Waals surface area (Å²) in [6, 6.07) is 0. The molecule has 1 aromatic rings. The van der Waals surface area contributed by atoms with E-state index < -0.39 is 0 Å². The van der Waals surface area contributed by atoms with Crippen molar-refractivity contribution < 1.29 is 5.11 Å². The molecule has 0 fully saturated rings. The molecule has 0 aliphatic rings. The largest absolute Gasteiger partial charge is 0.504 e. The van der Waals surface area contributed by atoms with Gasteiger partial charge in [0.1, 0.15) is 5.69 Å². The summed E-state index contributed by atoms with van der Waals surface area (Å²) in [4.78, 5) is 0. The second-order valence-corrected chi connectivity index (χ2v) is 4.07. The summed E-state index contributed by atoms with van der Waals surface area (Å²) in [6.07, 6.45) is 6.31. The number of rotatable bonds is 6. The van der Waals surface area contributed by atoms with Crippen LogP contribution in [0.25, 0.3) is 0 Å². The van der Waals surface area contributed by atoms with Crippen LogP contribution in [0.5, 0.6) is 5.75 Å². The fourth-order valence-corrected chi connectivity index (χ4v) is 1.75. The van der Waals surface area contributed by atoms with Crippen molar-refractivity contribution in [3.63, 3.8) is 0 Å². The van der Waals surface area contributed by atoms with Gasteiger partial charge in [0, 0.05) is 7.05 Å². The van der Waals surface area contributed by atoms with E-state index in [0.717, 1.165) is 49.9 Å². The minimum Gasteiger partial charge on any atom is -0.504 e. The Morgan fingerprint density at radius 3 is 2.33 bits per heavy atom. The quantitative estimate of drug-likeness (QED) is 0.784. The molecule has 1 aromatic heterocycles. The molecule has 15 heavy (non-hydrogen) atoms. The molecule has 0 aliphatic heterocycles. The van der Waals surface area contributed by atoms with Gasteiger partial charge in [0.05, 0.1) is 5.69 Å². The van der Waals surface area contributed by atoms with Crippen LogP contribution in [-0.4, -0.2) is 14.9 Å². The monoisotopic (exact) mass is 210 g/mol. The Morgan fingerprint density at radius 1 is 1.13 bits per heavy atom. The van der Waals surface area contributed by atoms with Crippen LogP contribution in [0.1, 0.15) is 50.9 Å². The third-order valence-corrected chi connectivity index (χ3v) is 2.74. The zero-order valence-corrected chi connectivity index (χ0v) is 10.1. The number of hydrogen-bond donors (Lipinski definition) is 1. The summed E-state index contributed by atoms with van der Waals surface area (Å²) in [5.74, 6) is 0.430. The van der Waals surface area contributed by atoms with Gasteiger partial charge in [0.2, 0.25) is 0 Å². The van der Waals surface area contributed by atoms with Crippen LogP contribution < -0.4 is 0 Å². The molecule has 1 heterocycles. The van der Waals surface area contributed by atoms with E-state index in [1.54, 1.807) is 0 Å². The Hall–Kier alpha value is -0.990. The van der Waals surface area contributed by atoms with E-state index in [2.05, 4.69) is 18.9 Å². The van der Waals surface area contributed by atoms with Gasteiger partial charge in [-0.05, 0) is 25.7 Å². The standard InChI is InChI=1S/C12H22N2O/c1-4-6-8-10-12(15)11(9-7-5-2)14(3)13-10/h15H,4-9H2,1-3H3. The Balaban J connectivity index is 2.74. The van der Waals surface area contributed by atoms with Crippen LogP contribution >= 0.6 is 0 Å². The summed E-state index contributed by atoms with van der Waals surface area (Å²) < 4.78 is 1.83. The van der Waals surface area contributed by atoms with Crippen molar-refractivity contribution in [1.29, 1.82) is 0 Å². The average molecular weight is 210 g/mol. The van der Waals surface area contributed by atoms with Gasteiger partial charge in [-0.3, -0.25) is 4.68 Å². The molecule has 0 bridgehead atoms. The van der Waals surface area contributed by atoms with Gasteiger partial charge in [-0.25, -0.2) is 0 Å². The SMILES string of the molecule is CCCCc1nn(C)c(CCCC)c1O. The Labute approximate surface area is 92.1 Å². The molecule has 3 nitrogen and oxygen atoms in total. The highest BCUT2D eigenvalue weighted by molar-refractivity contribution is 5.32. The van der Waals surface area contributed by atoms with Crippen molar-refractivity contribution in [2.45, 2.75) is 52.4 Å². The fraction of sp³-hybridized carbons (Fsp3) is 0.750. The zero-order chi connectivity index (χ0) is 11.3. The first-order valence-corrected chi connectivity index (χ1v) is 5.94. The number of aromatic hydroxyl groups is 1. The molecule has 0 atom stereocenters.